The summed E-state index contributed by atoms with van der Waals surface area (Å²) >= 11 is 0. The van der Waals surface area contributed by atoms with Crippen molar-refractivity contribution in [2.24, 2.45) is 0 Å². The van der Waals surface area contributed by atoms with Gasteiger partial charge >= 0.3 is 0 Å². The molecule has 0 N–H and O–H groups in total. The first-order valence-corrected chi connectivity index (χ1v) is 9.86. The molecular weight excluding hydrogens is 338 g/mol. The van der Waals surface area contributed by atoms with Crippen LogP contribution in [0.1, 0.15) is 48.2 Å². The summed E-state index contributed by atoms with van der Waals surface area (Å²) < 4.78 is 11.5. The average molecular weight is 367 g/mol. The minimum atomic E-state index is -0.0540. The first-order valence-electron chi connectivity index (χ1n) is 9.86. The van der Waals surface area contributed by atoms with Gasteiger partial charge < -0.3 is 9.47 Å². The second kappa shape index (κ2) is 9.05. The number of hydrogen-bond donors (Lipinski definition) is 0. The number of carbonyl (C=O) groups is 1. The maximum Gasteiger partial charge on any atom is 0.200 e. The molecule has 0 fully saturated rings. The van der Waals surface area contributed by atoms with Crippen molar-refractivity contribution in [1.82, 2.24) is 4.90 Å². The number of nitrogens with zero attached hydrogens (tertiary/aromatic N) is 1. The lowest BCUT2D eigenvalue weighted by atomic mass is 9.94. The van der Waals surface area contributed by atoms with Crippen molar-refractivity contribution in [2.75, 3.05) is 26.8 Å². The maximum absolute atomic E-state index is 13.1. The summed E-state index contributed by atoms with van der Waals surface area (Å²) in [5.41, 5.74) is 2.30. The number of carbonyl (C=O) groups excluding carboxylic acids is 1. The first kappa shape index (κ1) is 19.4. The number of methoxy groups -OCH3 is 1. The van der Waals surface area contributed by atoms with Crippen molar-refractivity contribution in [1.29, 1.82) is 0 Å². The van der Waals surface area contributed by atoms with Crippen LogP contribution >= 0.6 is 0 Å². The summed E-state index contributed by atoms with van der Waals surface area (Å²) in [5.74, 6) is 1.27. The van der Waals surface area contributed by atoms with E-state index < -0.39 is 0 Å². The molecule has 0 spiro atoms. The summed E-state index contributed by atoms with van der Waals surface area (Å²) in [6, 6.07) is 13.6. The summed E-state index contributed by atoms with van der Waals surface area (Å²) in [6.45, 7) is 7.21. The summed E-state index contributed by atoms with van der Waals surface area (Å²) in [4.78, 5) is 15.7. The van der Waals surface area contributed by atoms with Gasteiger partial charge in [0.05, 0.1) is 18.2 Å². The van der Waals surface area contributed by atoms with Crippen molar-refractivity contribution in [3.05, 3.63) is 59.2 Å². The molecule has 2 aromatic rings. The summed E-state index contributed by atoms with van der Waals surface area (Å²) in [7, 11) is 1.59. The van der Waals surface area contributed by atoms with E-state index in [0.717, 1.165) is 43.7 Å². The van der Waals surface area contributed by atoms with Crippen LogP contribution in [-0.4, -0.2) is 43.5 Å². The average Bonchev–Trinajstić information content (AvgIpc) is 2.72. The predicted octanol–water partition coefficient (Wildman–Crippen LogP) is 4.35. The summed E-state index contributed by atoms with van der Waals surface area (Å²) in [5, 5.41) is 0. The Morgan fingerprint density at radius 1 is 1.07 bits per heavy atom. The standard InChI is InChI=1S/C23H29NO3/c1-4-13-24(14-5-2)18-15-17-9-8-11-20(23(17)27-16-18)22(25)19-10-6-7-12-21(19)26-3/h6-12,18H,4-5,13-16H2,1-3H3/t18-/m0/s1. The van der Waals surface area contributed by atoms with Gasteiger partial charge in [0, 0.05) is 6.04 Å². The number of rotatable bonds is 8. The lowest BCUT2D eigenvalue weighted by Gasteiger charge is -2.35. The maximum atomic E-state index is 13.1. The van der Waals surface area contributed by atoms with Crippen LogP contribution in [0.15, 0.2) is 42.5 Å². The van der Waals surface area contributed by atoms with Crippen molar-refractivity contribution >= 4 is 5.78 Å². The molecule has 1 aliphatic rings. The van der Waals surface area contributed by atoms with Gasteiger partial charge in [-0.2, -0.15) is 0 Å². The Balaban J connectivity index is 1.88. The molecule has 1 heterocycles. The molecule has 0 unspecified atom stereocenters. The largest absolute Gasteiger partial charge is 0.496 e. The van der Waals surface area contributed by atoms with Crippen LogP contribution in [0.25, 0.3) is 0 Å². The van der Waals surface area contributed by atoms with Crippen LogP contribution in [0.3, 0.4) is 0 Å². The van der Waals surface area contributed by atoms with E-state index in [-0.39, 0.29) is 5.78 Å². The van der Waals surface area contributed by atoms with Crippen LogP contribution in [0.2, 0.25) is 0 Å². The number of fused-ring (bicyclic) bond motifs is 1. The van der Waals surface area contributed by atoms with Crippen LogP contribution in [0.5, 0.6) is 11.5 Å². The topological polar surface area (TPSA) is 38.8 Å². The zero-order chi connectivity index (χ0) is 19.2. The van der Waals surface area contributed by atoms with Crippen LogP contribution in [0, 0.1) is 0 Å². The molecule has 1 aliphatic heterocycles. The molecule has 1 atom stereocenters. The fourth-order valence-corrected chi connectivity index (χ4v) is 3.85. The van der Waals surface area contributed by atoms with Crippen molar-refractivity contribution in [3.8, 4) is 11.5 Å². The van der Waals surface area contributed by atoms with Gasteiger partial charge in [0.2, 0.25) is 0 Å². The Morgan fingerprint density at radius 2 is 1.78 bits per heavy atom. The molecule has 4 nitrogen and oxygen atoms in total. The quantitative estimate of drug-likeness (QED) is 0.650. The third-order valence-electron chi connectivity index (χ3n) is 5.11. The zero-order valence-corrected chi connectivity index (χ0v) is 16.5. The summed E-state index contributed by atoms with van der Waals surface area (Å²) in [6.07, 6.45) is 3.19. The highest BCUT2D eigenvalue weighted by Gasteiger charge is 2.28. The number of ether oxygens (including phenoxy) is 2. The highest BCUT2D eigenvalue weighted by molar-refractivity contribution is 6.12. The number of benzene rings is 2. The molecule has 3 rings (SSSR count). The Kier molecular flexibility index (Phi) is 6.51. The second-order valence-electron chi connectivity index (χ2n) is 7.03. The van der Waals surface area contributed by atoms with E-state index in [1.54, 1.807) is 13.2 Å². The van der Waals surface area contributed by atoms with Gasteiger partial charge in [0.15, 0.2) is 5.78 Å². The molecule has 0 aromatic heterocycles. The van der Waals surface area contributed by atoms with Gasteiger partial charge in [-0.25, -0.2) is 0 Å². The third-order valence-corrected chi connectivity index (χ3v) is 5.11. The van der Waals surface area contributed by atoms with Gasteiger partial charge in [-0.3, -0.25) is 9.69 Å². The molecule has 0 saturated heterocycles. The monoisotopic (exact) mass is 367 g/mol. The second-order valence-corrected chi connectivity index (χ2v) is 7.03. The number of para-hydroxylation sites is 2. The highest BCUT2D eigenvalue weighted by Crippen LogP contribution is 2.33. The minimum Gasteiger partial charge on any atom is -0.496 e. The number of ketones is 1. The fraction of sp³-hybridized carbons (Fsp3) is 0.435. The number of hydrogen-bond acceptors (Lipinski definition) is 4. The highest BCUT2D eigenvalue weighted by atomic mass is 16.5. The molecule has 2 aromatic carbocycles. The lowest BCUT2D eigenvalue weighted by molar-refractivity contribution is 0.101. The zero-order valence-electron chi connectivity index (χ0n) is 16.5. The Labute approximate surface area is 162 Å². The molecule has 144 valence electrons. The molecule has 0 amide bonds. The van der Waals surface area contributed by atoms with E-state index in [1.807, 2.05) is 30.3 Å². The Bertz CT molecular complexity index is 781. The first-order chi connectivity index (χ1) is 13.2. The normalized spacial score (nSPS) is 15.9. The van der Waals surface area contributed by atoms with Crippen LogP contribution in [-0.2, 0) is 6.42 Å². The van der Waals surface area contributed by atoms with Gasteiger partial charge in [0.1, 0.15) is 18.1 Å². The van der Waals surface area contributed by atoms with Gasteiger partial charge in [0.25, 0.3) is 0 Å². The van der Waals surface area contributed by atoms with E-state index in [9.17, 15) is 4.79 Å². The van der Waals surface area contributed by atoms with E-state index in [0.29, 0.717) is 29.5 Å². The van der Waals surface area contributed by atoms with Gasteiger partial charge in [-0.05, 0) is 56.1 Å². The van der Waals surface area contributed by atoms with E-state index >= 15 is 0 Å². The van der Waals surface area contributed by atoms with E-state index in [4.69, 9.17) is 9.47 Å². The SMILES string of the molecule is CCCN(CCC)[C@@H]1COc2c(cccc2C(=O)c2ccccc2OC)C1. The molecule has 0 radical (unpaired) electrons. The third kappa shape index (κ3) is 4.16. The van der Waals surface area contributed by atoms with Crippen molar-refractivity contribution < 1.29 is 14.3 Å². The predicted molar refractivity (Wildman–Crippen MR) is 108 cm³/mol. The van der Waals surface area contributed by atoms with Crippen LogP contribution in [0.4, 0.5) is 0 Å². The molecule has 27 heavy (non-hydrogen) atoms. The van der Waals surface area contributed by atoms with E-state index in [2.05, 4.69) is 24.8 Å². The molecule has 0 saturated carbocycles. The molecule has 0 bridgehead atoms. The minimum absolute atomic E-state index is 0.0540. The Morgan fingerprint density at radius 3 is 2.48 bits per heavy atom. The smallest absolute Gasteiger partial charge is 0.200 e. The van der Waals surface area contributed by atoms with Gasteiger partial charge in [-0.1, -0.05) is 38.1 Å². The van der Waals surface area contributed by atoms with Crippen LogP contribution < -0.4 is 9.47 Å². The lowest BCUT2D eigenvalue weighted by Crippen LogP contribution is -2.44. The van der Waals surface area contributed by atoms with Crippen molar-refractivity contribution in [2.45, 2.75) is 39.2 Å². The fourth-order valence-electron chi connectivity index (χ4n) is 3.85. The van der Waals surface area contributed by atoms with E-state index in [1.165, 1.54) is 0 Å². The molecule has 0 aliphatic carbocycles. The van der Waals surface area contributed by atoms with Gasteiger partial charge in [-0.15, -0.1) is 0 Å². The molecule has 4 heteroatoms. The van der Waals surface area contributed by atoms with Crippen molar-refractivity contribution in [3.63, 3.8) is 0 Å². The Hall–Kier alpha value is -2.33. The molecular formula is C23H29NO3.